The van der Waals surface area contributed by atoms with Gasteiger partial charge in [-0.25, -0.2) is 0 Å². The summed E-state index contributed by atoms with van der Waals surface area (Å²) in [5.41, 5.74) is 0. The number of esters is 2. The van der Waals surface area contributed by atoms with Crippen LogP contribution in [0, 0.1) is 0 Å². The third kappa shape index (κ3) is 53.7. The number of nitrogens with zero attached hydrogens (tertiary/aromatic N) is 1. The summed E-state index contributed by atoms with van der Waals surface area (Å²) in [5.74, 6) is -2.27. The lowest BCUT2D eigenvalue weighted by Gasteiger charge is -2.26. The third-order valence-electron chi connectivity index (χ3n) is 13.5. The minimum absolute atomic E-state index is 0.150. The highest BCUT2D eigenvalue weighted by molar-refractivity contribution is 5.70. The van der Waals surface area contributed by atoms with Crippen LogP contribution in [0.25, 0.3) is 0 Å². The molecule has 0 aliphatic heterocycles. The van der Waals surface area contributed by atoms with E-state index in [1.54, 1.807) is 0 Å². The molecule has 0 saturated heterocycles. The van der Waals surface area contributed by atoms with Crippen LogP contribution in [0.4, 0.5) is 0 Å². The molecule has 0 aromatic heterocycles. The molecule has 2 unspecified atom stereocenters. The van der Waals surface area contributed by atoms with Crippen molar-refractivity contribution < 1.29 is 42.9 Å². The predicted octanol–water partition coefficient (Wildman–Crippen LogP) is 16.0. The molecular weight excluding hydrogens is 863 g/mol. The Morgan fingerprint density at radius 2 is 0.739 bits per heavy atom. The largest absolute Gasteiger partial charge is 0.545 e. The first-order chi connectivity index (χ1) is 33.6. The number of hydrogen-bond acceptors (Lipinski definition) is 8. The van der Waals surface area contributed by atoms with Gasteiger partial charge < -0.3 is 33.3 Å². The van der Waals surface area contributed by atoms with Gasteiger partial charge in [0, 0.05) is 12.8 Å². The van der Waals surface area contributed by atoms with Crippen molar-refractivity contribution >= 4 is 17.9 Å². The minimum Gasteiger partial charge on any atom is -0.545 e. The van der Waals surface area contributed by atoms with E-state index >= 15 is 0 Å². The van der Waals surface area contributed by atoms with E-state index in [4.69, 9.17) is 18.9 Å². The fraction of sp³-hybridized carbons (Fsp3) is 0.917. The monoisotopic (exact) mass is 978 g/mol. The maximum absolute atomic E-state index is 12.8. The van der Waals surface area contributed by atoms with Crippen LogP contribution in [0.5, 0.6) is 0 Å². The zero-order valence-corrected chi connectivity index (χ0v) is 46.5. The van der Waals surface area contributed by atoms with Crippen LogP contribution in [-0.4, -0.2) is 82.3 Å². The van der Waals surface area contributed by atoms with Crippen LogP contribution in [0.2, 0.25) is 0 Å². The molecule has 408 valence electrons. The summed E-state index contributed by atoms with van der Waals surface area (Å²) in [5, 5.41) is 11.8. The van der Waals surface area contributed by atoms with Crippen LogP contribution < -0.4 is 5.11 Å². The first kappa shape index (κ1) is 67.0. The van der Waals surface area contributed by atoms with Crippen molar-refractivity contribution in [3.63, 3.8) is 0 Å². The average molecular weight is 979 g/mol. The molecule has 2 atom stereocenters. The number of likely N-dealkylation sites (N-methyl/N-ethyl adjacent to an activating group) is 1. The van der Waals surface area contributed by atoms with E-state index in [-0.39, 0.29) is 32.2 Å². The molecule has 0 spiro atoms. The Hall–Kier alpha value is -1.97. The van der Waals surface area contributed by atoms with Gasteiger partial charge in [-0.3, -0.25) is 9.59 Å². The maximum Gasteiger partial charge on any atom is 0.306 e. The molecule has 0 aliphatic rings. The minimum atomic E-state index is -1.62. The lowest BCUT2D eigenvalue weighted by molar-refractivity contribution is -0.870. The number of ether oxygens (including phenoxy) is 4. The topological polar surface area (TPSA) is 111 Å². The van der Waals surface area contributed by atoms with E-state index in [2.05, 4.69) is 26.0 Å². The molecule has 0 bridgehead atoms. The standard InChI is InChI=1S/C60H115NO8/c1-6-8-10-12-14-16-18-20-22-24-25-26-27-28-29-30-31-32-33-34-35-37-38-40-42-44-46-48-50-57(62)67-54-56(55-68-60(59(64)65)66-53-52-61(3,4)5)69-58(63)51-49-47-45-43-41-39-36-23-21-19-17-15-13-11-9-7-2/h23,36,56,60H,6-22,24-35,37-55H2,1-5H3/b36-23-. The number of rotatable bonds is 56. The number of unbranched alkanes of at least 4 members (excludes halogenated alkanes) is 39. The van der Waals surface area contributed by atoms with Crippen molar-refractivity contribution in [2.45, 2.75) is 309 Å². The molecule has 0 saturated carbocycles. The Morgan fingerprint density at radius 3 is 1.07 bits per heavy atom. The molecule has 0 fully saturated rings. The van der Waals surface area contributed by atoms with Gasteiger partial charge in [-0.05, 0) is 38.5 Å². The molecule has 0 N–H and O–H groups in total. The lowest BCUT2D eigenvalue weighted by atomic mass is 10.0. The Bertz CT molecular complexity index is 1140. The Morgan fingerprint density at radius 1 is 0.420 bits per heavy atom. The van der Waals surface area contributed by atoms with Crippen LogP contribution in [0.15, 0.2) is 12.2 Å². The molecule has 0 aromatic carbocycles. The van der Waals surface area contributed by atoms with E-state index < -0.39 is 24.3 Å². The maximum atomic E-state index is 12.8. The van der Waals surface area contributed by atoms with Gasteiger partial charge in [-0.2, -0.15) is 0 Å². The van der Waals surface area contributed by atoms with E-state index in [1.807, 2.05) is 21.1 Å². The predicted molar refractivity (Wildman–Crippen MR) is 288 cm³/mol. The highest BCUT2D eigenvalue weighted by Gasteiger charge is 2.22. The van der Waals surface area contributed by atoms with Gasteiger partial charge in [-0.1, -0.05) is 257 Å². The number of aliphatic carboxylic acids is 1. The van der Waals surface area contributed by atoms with Crippen molar-refractivity contribution in [1.82, 2.24) is 0 Å². The van der Waals surface area contributed by atoms with Crippen LogP contribution in [0.1, 0.15) is 296 Å². The number of carboxylic acids is 1. The van der Waals surface area contributed by atoms with Crippen molar-refractivity contribution in [1.29, 1.82) is 0 Å². The highest BCUT2D eigenvalue weighted by atomic mass is 16.7. The fourth-order valence-electron chi connectivity index (χ4n) is 8.89. The molecule has 9 nitrogen and oxygen atoms in total. The van der Waals surface area contributed by atoms with Gasteiger partial charge in [0.2, 0.25) is 0 Å². The quantitative estimate of drug-likeness (QED) is 0.0195. The first-order valence-electron chi connectivity index (χ1n) is 29.8. The normalized spacial score (nSPS) is 12.8. The highest BCUT2D eigenvalue weighted by Crippen LogP contribution is 2.18. The molecule has 0 aromatic rings. The van der Waals surface area contributed by atoms with Crippen molar-refractivity contribution in [2.75, 3.05) is 47.5 Å². The van der Waals surface area contributed by atoms with Gasteiger partial charge >= 0.3 is 11.9 Å². The van der Waals surface area contributed by atoms with Crippen LogP contribution >= 0.6 is 0 Å². The number of quaternary nitrogens is 1. The summed E-state index contributed by atoms with van der Waals surface area (Å²) in [6.07, 6.45) is 57.0. The zero-order valence-electron chi connectivity index (χ0n) is 46.5. The number of carboxylic acid groups (broad SMARTS) is 1. The molecule has 9 heteroatoms. The lowest BCUT2D eigenvalue weighted by Crippen LogP contribution is -2.44. The number of allylic oxidation sites excluding steroid dienone is 2. The number of carbonyl (C=O) groups excluding carboxylic acids is 3. The molecular formula is C60H115NO8. The summed E-state index contributed by atoms with van der Waals surface area (Å²) in [4.78, 5) is 37.2. The van der Waals surface area contributed by atoms with Crippen molar-refractivity contribution in [3.8, 4) is 0 Å². The van der Waals surface area contributed by atoms with E-state index in [1.165, 1.54) is 212 Å². The number of carbonyl (C=O) groups is 3. The van der Waals surface area contributed by atoms with Crippen molar-refractivity contribution in [3.05, 3.63) is 12.2 Å². The fourth-order valence-corrected chi connectivity index (χ4v) is 8.89. The second-order valence-corrected chi connectivity index (χ2v) is 21.6. The second-order valence-electron chi connectivity index (χ2n) is 21.6. The van der Waals surface area contributed by atoms with Gasteiger partial charge in [0.15, 0.2) is 12.4 Å². The van der Waals surface area contributed by atoms with Gasteiger partial charge in [0.1, 0.15) is 13.2 Å². The van der Waals surface area contributed by atoms with Gasteiger partial charge in [-0.15, -0.1) is 0 Å². The molecule has 0 aliphatic carbocycles. The molecule has 0 amide bonds. The summed E-state index contributed by atoms with van der Waals surface area (Å²) in [7, 11) is 5.93. The average Bonchev–Trinajstić information content (AvgIpc) is 3.31. The smallest absolute Gasteiger partial charge is 0.306 e. The Labute approximate surface area is 427 Å². The Balaban J connectivity index is 4.11. The summed E-state index contributed by atoms with van der Waals surface area (Å²) < 4.78 is 22.7. The molecule has 0 rings (SSSR count). The van der Waals surface area contributed by atoms with Gasteiger partial charge in [0.05, 0.1) is 40.3 Å². The van der Waals surface area contributed by atoms with E-state index in [0.717, 1.165) is 51.4 Å². The molecule has 69 heavy (non-hydrogen) atoms. The summed E-state index contributed by atoms with van der Waals surface area (Å²) in [6.45, 7) is 4.79. The SMILES string of the molecule is CCCCCCCCC/C=C\CCCCCCCC(=O)OC(COC(=O)CCCCCCCCCCCCCCCCCCCCCCCCCCCCCC)COC(OCC[N+](C)(C)C)C(=O)[O-]. The first-order valence-corrected chi connectivity index (χ1v) is 29.8. The van der Waals surface area contributed by atoms with E-state index in [9.17, 15) is 19.5 Å². The van der Waals surface area contributed by atoms with E-state index in [0.29, 0.717) is 23.9 Å². The number of hydrogen-bond donors (Lipinski definition) is 0. The summed E-state index contributed by atoms with van der Waals surface area (Å²) >= 11 is 0. The summed E-state index contributed by atoms with van der Waals surface area (Å²) in [6, 6.07) is 0. The second kappa shape index (κ2) is 52.4. The molecule has 0 radical (unpaired) electrons. The van der Waals surface area contributed by atoms with Crippen LogP contribution in [-0.2, 0) is 33.3 Å². The van der Waals surface area contributed by atoms with Crippen LogP contribution in [0.3, 0.4) is 0 Å². The van der Waals surface area contributed by atoms with Crippen molar-refractivity contribution in [2.24, 2.45) is 0 Å². The Kier molecular flexibility index (Phi) is 50.9. The zero-order chi connectivity index (χ0) is 50.6. The third-order valence-corrected chi connectivity index (χ3v) is 13.5. The van der Waals surface area contributed by atoms with Gasteiger partial charge in [0.25, 0.3) is 0 Å². The molecule has 0 heterocycles.